The number of aryl methyl sites for hydroxylation is 2. The monoisotopic (exact) mass is 460 g/mol. The van der Waals surface area contributed by atoms with Gasteiger partial charge in [-0.1, -0.05) is 55.3 Å². The first-order valence-electron chi connectivity index (χ1n) is 12.8. The molecule has 0 radical (unpaired) electrons. The number of aromatic nitrogens is 4. The number of rotatable bonds is 9. The van der Waals surface area contributed by atoms with E-state index in [9.17, 15) is 0 Å². The van der Waals surface area contributed by atoms with Crippen LogP contribution in [-0.4, -0.2) is 68.8 Å². The topological polar surface area (TPSA) is 59.3 Å². The smallest absolute Gasteiger partial charge is 0.173 e. The molecule has 0 N–H and O–H groups in total. The van der Waals surface area contributed by atoms with Gasteiger partial charge in [-0.25, -0.2) is 4.68 Å². The van der Waals surface area contributed by atoms with E-state index in [1.165, 1.54) is 36.8 Å². The first-order valence-corrected chi connectivity index (χ1v) is 12.8. The lowest BCUT2D eigenvalue weighted by molar-refractivity contribution is 0.0770. The number of benzene rings is 2. The average Bonchev–Trinajstić information content (AvgIpc) is 3.58. The maximum Gasteiger partial charge on any atom is 0.173 e. The van der Waals surface area contributed by atoms with Crippen LogP contribution in [0, 0.1) is 0 Å². The highest BCUT2D eigenvalue weighted by Gasteiger charge is 2.33. The molecule has 0 bridgehead atoms. The molecule has 3 aromatic rings. The largest absolute Gasteiger partial charge is 0.494 e. The van der Waals surface area contributed by atoms with Crippen LogP contribution in [-0.2, 0) is 13.0 Å². The Morgan fingerprint density at radius 2 is 1.68 bits per heavy atom. The maximum absolute atomic E-state index is 5.69. The molecule has 1 aliphatic heterocycles. The zero-order valence-electron chi connectivity index (χ0n) is 20.2. The highest BCUT2D eigenvalue weighted by Crippen LogP contribution is 2.31. The van der Waals surface area contributed by atoms with Crippen LogP contribution in [0.1, 0.15) is 55.6 Å². The molecule has 2 aliphatic rings. The lowest BCUT2D eigenvalue weighted by Gasteiger charge is -2.41. The van der Waals surface area contributed by atoms with Gasteiger partial charge in [0.05, 0.1) is 12.6 Å². The van der Waals surface area contributed by atoms with E-state index in [0.29, 0.717) is 6.61 Å². The Morgan fingerprint density at radius 3 is 2.38 bits per heavy atom. The van der Waals surface area contributed by atoms with E-state index in [1.807, 2.05) is 11.6 Å². The van der Waals surface area contributed by atoms with E-state index < -0.39 is 0 Å². The summed E-state index contributed by atoms with van der Waals surface area (Å²) in [5.74, 6) is 1.83. The van der Waals surface area contributed by atoms with Crippen molar-refractivity contribution in [2.45, 2.75) is 57.7 Å². The number of tetrazole rings is 1. The van der Waals surface area contributed by atoms with Gasteiger partial charge in [0.15, 0.2) is 5.82 Å². The molecule has 34 heavy (non-hydrogen) atoms. The molecule has 180 valence electrons. The van der Waals surface area contributed by atoms with Crippen molar-refractivity contribution in [2.24, 2.45) is 0 Å². The fraction of sp³-hybridized carbons (Fsp3) is 0.519. The van der Waals surface area contributed by atoms with Gasteiger partial charge in [0.1, 0.15) is 5.75 Å². The van der Waals surface area contributed by atoms with Crippen molar-refractivity contribution < 1.29 is 4.74 Å². The molecule has 1 saturated carbocycles. The predicted octanol–water partition coefficient (Wildman–Crippen LogP) is 3.96. The van der Waals surface area contributed by atoms with Crippen molar-refractivity contribution in [3.63, 3.8) is 0 Å². The summed E-state index contributed by atoms with van der Waals surface area (Å²) >= 11 is 0. The fourth-order valence-electron chi connectivity index (χ4n) is 5.51. The number of hydrogen-bond donors (Lipinski definition) is 0. The van der Waals surface area contributed by atoms with Crippen LogP contribution in [0.15, 0.2) is 54.6 Å². The molecule has 7 nitrogen and oxygen atoms in total. The number of hydrogen-bond acceptors (Lipinski definition) is 6. The van der Waals surface area contributed by atoms with E-state index >= 15 is 0 Å². The van der Waals surface area contributed by atoms with Gasteiger partial charge in [0.2, 0.25) is 0 Å². The Hall–Kier alpha value is -2.77. The SMILES string of the molecule is CCOc1ccc([C@H](c2nnnn2CCc2ccccc2)N2CCN(C3CCCC3)CC2)cc1. The minimum Gasteiger partial charge on any atom is -0.494 e. The Morgan fingerprint density at radius 1 is 0.941 bits per heavy atom. The minimum atomic E-state index is 0.0344. The summed E-state index contributed by atoms with van der Waals surface area (Å²) in [5, 5.41) is 13.0. The van der Waals surface area contributed by atoms with E-state index in [2.05, 4.69) is 79.9 Å². The Bertz CT molecular complexity index is 1010. The molecule has 7 heteroatoms. The summed E-state index contributed by atoms with van der Waals surface area (Å²) in [6, 6.07) is 19.9. The van der Waals surface area contributed by atoms with Crippen LogP contribution in [0.5, 0.6) is 5.75 Å². The fourth-order valence-corrected chi connectivity index (χ4v) is 5.51. The summed E-state index contributed by atoms with van der Waals surface area (Å²) in [6.45, 7) is 7.74. The molecular formula is C27H36N6O. The van der Waals surface area contributed by atoms with Gasteiger partial charge in [-0.05, 0) is 59.9 Å². The second kappa shape index (κ2) is 11.1. The van der Waals surface area contributed by atoms with Crippen molar-refractivity contribution in [1.82, 2.24) is 30.0 Å². The first kappa shape index (κ1) is 23.0. The summed E-state index contributed by atoms with van der Waals surface area (Å²) in [6.07, 6.45) is 6.40. The molecule has 0 amide bonds. The van der Waals surface area contributed by atoms with Crippen LogP contribution in [0.3, 0.4) is 0 Å². The molecule has 1 aromatic heterocycles. The van der Waals surface area contributed by atoms with Gasteiger partial charge in [0.25, 0.3) is 0 Å². The molecule has 2 aromatic carbocycles. The van der Waals surface area contributed by atoms with E-state index in [4.69, 9.17) is 4.74 Å². The van der Waals surface area contributed by atoms with Crippen LogP contribution in [0.2, 0.25) is 0 Å². The summed E-state index contributed by atoms with van der Waals surface area (Å²) in [7, 11) is 0. The second-order valence-corrected chi connectivity index (χ2v) is 9.41. The molecule has 0 spiro atoms. The predicted molar refractivity (Wildman–Crippen MR) is 133 cm³/mol. The molecule has 2 fully saturated rings. The number of nitrogens with zero attached hydrogens (tertiary/aromatic N) is 6. The third-order valence-corrected chi connectivity index (χ3v) is 7.32. The highest BCUT2D eigenvalue weighted by molar-refractivity contribution is 5.32. The van der Waals surface area contributed by atoms with Crippen LogP contribution < -0.4 is 4.74 Å². The Kier molecular flexibility index (Phi) is 7.51. The lowest BCUT2D eigenvalue weighted by Crippen LogP contribution is -2.51. The van der Waals surface area contributed by atoms with Gasteiger partial charge in [-0.3, -0.25) is 9.80 Å². The number of ether oxygens (including phenoxy) is 1. The molecule has 1 aliphatic carbocycles. The first-order chi connectivity index (χ1) is 16.8. The van der Waals surface area contributed by atoms with Crippen molar-refractivity contribution in [2.75, 3.05) is 32.8 Å². The van der Waals surface area contributed by atoms with Crippen LogP contribution in [0.25, 0.3) is 0 Å². The quantitative estimate of drug-likeness (QED) is 0.482. The molecule has 1 saturated heterocycles. The zero-order chi connectivity index (χ0) is 23.2. The standard InChI is InChI=1S/C27H36N6O/c1-2-34-25-14-12-23(13-15-25)26(32-20-18-31(19-21-32)24-10-6-7-11-24)27-28-29-30-33(27)17-16-22-8-4-3-5-9-22/h3-5,8-9,12-15,24,26H,2,6-7,10-11,16-21H2,1H3/t26-/m1/s1. The van der Waals surface area contributed by atoms with Gasteiger partial charge in [-0.2, -0.15) is 0 Å². The normalized spacial score (nSPS) is 18.9. The van der Waals surface area contributed by atoms with Gasteiger partial charge < -0.3 is 4.74 Å². The van der Waals surface area contributed by atoms with Gasteiger partial charge in [0, 0.05) is 38.8 Å². The average molecular weight is 461 g/mol. The molecule has 5 rings (SSSR count). The maximum atomic E-state index is 5.69. The van der Waals surface area contributed by atoms with E-state index in [1.54, 1.807) is 0 Å². The zero-order valence-corrected chi connectivity index (χ0v) is 20.2. The van der Waals surface area contributed by atoms with Gasteiger partial charge >= 0.3 is 0 Å². The van der Waals surface area contributed by atoms with Gasteiger partial charge in [-0.15, -0.1) is 5.10 Å². The minimum absolute atomic E-state index is 0.0344. The molecule has 1 atom stereocenters. The molecular weight excluding hydrogens is 424 g/mol. The van der Waals surface area contributed by atoms with Crippen LogP contribution >= 0.6 is 0 Å². The molecule has 2 heterocycles. The van der Waals surface area contributed by atoms with Crippen molar-refractivity contribution in [1.29, 1.82) is 0 Å². The summed E-state index contributed by atoms with van der Waals surface area (Å²) in [5.41, 5.74) is 2.51. The lowest BCUT2D eigenvalue weighted by atomic mass is 10.0. The molecule has 0 unspecified atom stereocenters. The van der Waals surface area contributed by atoms with E-state index in [0.717, 1.165) is 56.8 Å². The van der Waals surface area contributed by atoms with Crippen LogP contribution in [0.4, 0.5) is 0 Å². The highest BCUT2D eigenvalue weighted by atomic mass is 16.5. The Balaban J connectivity index is 1.37. The van der Waals surface area contributed by atoms with Crippen molar-refractivity contribution >= 4 is 0 Å². The third-order valence-electron chi connectivity index (χ3n) is 7.32. The Labute approximate surface area is 202 Å². The van der Waals surface area contributed by atoms with Crippen molar-refractivity contribution in [3.8, 4) is 5.75 Å². The third kappa shape index (κ3) is 5.31. The van der Waals surface area contributed by atoms with E-state index in [-0.39, 0.29) is 6.04 Å². The summed E-state index contributed by atoms with van der Waals surface area (Å²) in [4.78, 5) is 5.27. The summed E-state index contributed by atoms with van der Waals surface area (Å²) < 4.78 is 7.69. The van der Waals surface area contributed by atoms with Crippen molar-refractivity contribution in [3.05, 3.63) is 71.5 Å². The number of piperazine rings is 1. The second-order valence-electron chi connectivity index (χ2n) is 9.41.